The number of halogens is 1. The van der Waals surface area contributed by atoms with Crippen LogP contribution in [0, 0.1) is 5.82 Å². The van der Waals surface area contributed by atoms with Crippen molar-refractivity contribution in [1.82, 2.24) is 4.98 Å². The fraction of sp³-hybridized carbons (Fsp3) is 0.375. The maximum atomic E-state index is 13.1. The summed E-state index contributed by atoms with van der Waals surface area (Å²) in [6.45, 7) is 7.79. The molecule has 0 radical (unpaired) electrons. The Morgan fingerprint density at radius 3 is 2.29 bits per heavy atom. The Balaban J connectivity index is 2.52. The molecule has 1 aromatic carbocycles. The monoisotopic (exact) mass is 307 g/mol. The molecular weight excluding hydrogens is 289 g/mol. The number of carboxylic acids is 1. The van der Waals surface area contributed by atoms with Gasteiger partial charge >= 0.3 is 5.97 Å². The van der Waals surface area contributed by atoms with Crippen LogP contribution in [0.5, 0.6) is 0 Å². The van der Waals surface area contributed by atoms with E-state index in [1.807, 2.05) is 27.7 Å². The summed E-state index contributed by atoms with van der Waals surface area (Å²) in [5, 5.41) is 10.1. The summed E-state index contributed by atoms with van der Waals surface area (Å²) in [5.74, 6) is -1.19. The number of hydrogen-bond acceptors (Lipinski definition) is 3. The van der Waals surface area contributed by atoms with Crippen LogP contribution in [0.15, 0.2) is 24.3 Å². The molecule has 0 amide bonds. The summed E-state index contributed by atoms with van der Waals surface area (Å²) in [5.41, 5.74) is 1.05. The van der Waals surface area contributed by atoms with E-state index in [0.29, 0.717) is 5.69 Å². The van der Waals surface area contributed by atoms with Crippen LogP contribution >= 0.6 is 11.3 Å². The molecule has 1 aromatic heterocycles. The van der Waals surface area contributed by atoms with Crippen LogP contribution < -0.4 is 0 Å². The summed E-state index contributed by atoms with van der Waals surface area (Å²) < 4.78 is 13.1. The molecule has 0 aliphatic heterocycles. The van der Waals surface area contributed by atoms with Crippen molar-refractivity contribution < 1.29 is 14.3 Å². The number of carbonyl (C=O) groups is 1. The summed E-state index contributed by atoms with van der Waals surface area (Å²) in [4.78, 5) is 16.2. The van der Waals surface area contributed by atoms with Gasteiger partial charge in [0, 0.05) is 5.41 Å². The lowest BCUT2D eigenvalue weighted by Gasteiger charge is -2.22. The second kappa shape index (κ2) is 5.56. The molecule has 0 spiro atoms. The number of carboxylic acid groups (broad SMARTS) is 1. The summed E-state index contributed by atoms with van der Waals surface area (Å²) in [7, 11) is 0. The zero-order chi connectivity index (χ0) is 15.8. The molecule has 21 heavy (non-hydrogen) atoms. The number of benzene rings is 1. The maximum absolute atomic E-state index is 13.1. The first-order chi connectivity index (χ1) is 9.73. The Labute approximate surface area is 127 Å². The molecule has 0 fully saturated rings. The van der Waals surface area contributed by atoms with Gasteiger partial charge in [0.25, 0.3) is 0 Å². The van der Waals surface area contributed by atoms with Gasteiger partial charge in [-0.3, -0.25) is 0 Å². The summed E-state index contributed by atoms with van der Waals surface area (Å²) in [6.07, 6.45) is 0. The van der Waals surface area contributed by atoms with E-state index in [0.717, 1.165) is 10.6 Å². The van der Waals surface area contributed by atoms with E-state index in [1.54, 1.807) is 12.1 Å². The molecule has 0 atom stereocenters. The van der Waals surface area contributed by atoms with Gasteiger partial charge in [-0.15, -0.1) is 11.3 Å². The van der Waals surface area contributed by atoms with Gasteiger partial charge in [-0.1, -0.05) is 26.0 Å². The molecule has 2 rings (SSSR count). The van der Waals surface area contributed by atoms with Crippen molar-refractivity contribution >= 4 is 17.3 Å². The smallest absolute Gasteiger partial charge is 0.347 e. The van der Waals surface area contributed by atoms with Gasteiger partial charge in [0.05, 0.1) is 5.69 Å². The Morgan fingerprint density at radius 1 is 1.29 bits per heavy atom. The lowest BCUT2D eigenvalue weighted by Crippen LogP contribution is -2.18. The van der Waals surface area contributed by atoms with E-state index < -0.39 is 11.4 Å². The molecule has 0 aliphatic carbocycles. The predicted octanol–water partition coefficient (Wildman–Crippen LogP) is 4.43. The SMILES string of the molecule is CC(C)c1nc(C(C)(C)c2ccc(F)cc2)sc1C(=O)O. The third-order valence-corrected chi connectivity index (χ3v) is 4.88. The molecule has 0 aliphatic rings. The van der Waals surface area contributed by atoms with E-state index in [9.17, 15) is 14.3 Å². The molecule has 0 unspecified atom stereocenters. The van der Waals surface area contributed by atoms with Crippen molar-refractivity contribution in [3.05, 3.63) is 51.2 Å². The number of thiazole rings is 1. The zero-order valence-electron chi connectivity index (χ0n) is 12.5. The Bertz CT molecular complexity index is 659. The average molecular weight is 307 g/mol. The third-order valence-electron chi connectivity index (χ3n) is 3.50. The molecule has 0 saturated carbocycles. The van der Waals surface area contributed by atoms with Gasteiger partial charge in [0.15, 0.2) is 0 Å². The largest absolute Gasteiger partial charge is 0.477 e. The van der Waals surface area contributed by atoms with Crippen molar-refractivity contribution in [2.24, 2.45) is 0 Å². The van der Waals surface area contributed by atoms with E-state index in [-0.39, 0.29) is 16.6 Å². The molecule has 5 heteroatoms. The minimum atomic E-state index is -0.947. The minimum absolute atomic E-state index is 0.0464. The third kappa shape index (κ3) is 2.97. The standard InChI is InChI=1S/C16H18FNO2S/c1-9(2)12-13(14(19)20)21-15(18-12)16(3,4)10-5-7-11(17)8-6-10/h5-9H,1-4H3,(H,19,20). The topological polar surface area (TPSA) is 50.2 Å². The van der Waals surface area contributed by atoms with Gasteiger partial charge in [0.1, 0.15) is 15.7 Å². The Kier molecular flexibility index (Phi) is 4.14. The van der Waals surface area contributed by atoms with Crippen molar-refractivity contribution in [1.29, 1.82) is 0 Å². The van der Waals surface area contributed by atoms with Crippen molar-refractivity contribution in [3.8, 4) is 0 Å². The van der Waals surface area contributed by atoms with E-state index in [1.165, 1.54) is 23.5 Å². The predicted molar refractivity (Wildman–Crippen MR) is 81.7 cm³/mol. The van der Waals surface area contributed by atoms with Crippen LogP contribution in [0.3, 0.4) is 0 Å². The van der Waals surface area contributed by atoms with Crippen LogP contribution in [0.2, 0.25) is 0 Å². The zero-order valence-corrected chi connectivity index (χ0v) is 13.3. The van der Waals surface area contributed by atoms with Gasteiger partial charge in [-0.2, -0.15) is 0 Å². The highest BCUT2D eigenvalue weighted by molar-refractivity contribution is 7.13. The van der Waals surface area contributed by atoms with Crippen LogP contribution in [-0.4, -0.2) is 16.1 Å². The molecule has 3 nitrogen and oxygen atoms in total. The first-order valence-electron chi connectivity index (χ1n) is 6.74. The molecular formula is C16H18FNO2S. The van der Waals surface area contributed by atoms with Gasteiger partial charge in [-0.05, 0) is 37.5 Å². The van der Waals surface area contributed by atoms with E-state index >= 15 is 0 Å². The van der Waals surface area contributed by atoms with Crippen LogP contribution in [-0.2, 0) is 5.41 Å². The van der Waals surface area contributed by atoms with E-state index in [4.69, 9.17) is 0 Å². The first-order valence-corrected chi connectivity index (χ1v) is 7.55. The molecule has 1 N–H and O–H groups in total. The Hall–Kier alpha value is -1.75. The first kappa shape index (κ1) is 15.6. The molecule has 0 bridgehead atoms. The quantitative estimate of drug-likeness (QED) is 0.909. The normalized spacial score (nSPS) is 11.9. The van der Waals surface area contributed by atoms with Crippen molar-refractivity contribution in [3.63, 3.8) is 0 Å². The molecule has 2 aromatic rings. The van der Waals surface area contributed by atoms with Crippen molar-refractivity contribution in [2.45, 2.75) is 39.0 Å². The summed E-state index contributed by atoms with van der Waals surface area (Å²) in [6, 6.07) is 6.25. The molecule has 112 valence electrons. The van der Waals surface area contributed by atoms with Gasteiger partial charge in [0.2, 0.25) is 0 Å². The molecule has 0 saturated heterocycles. The van der Waals surface area contributed by atoms with Gasteiger partial charge in [-0.25, -0.2) is 14.2 Å². The fourth-order valence-corrected chi connectivity index (χ4v) is 3.32. The van der Waals surface area contributed by atoms with Crippen LogP contribution in [0.4, 0.5) is 4.39 Å². The summed E-state index contributed by atoms with van der Waals surface area (Å²) >= 11 is 1.20. The second-order valence-electron chi connectivity index (χ2n) is 5.83. The number of aromatic carboxylic acids is 1. The van der Waals surface area contributed by atoms with Crippen LogP contribution in [0.1, 0.15) is 59.5 Å². The average Bonchev–Trinajstić information content (AvgIpc) is 2.85. The fourth-order valence-electron chi connectivity index (χ4n) is 2.13. The lowest BCUT2D eigenvalue weighted by molar-refractivity contribution is 0.0700. The lowest BCUT2D eigenvalue weighted by atomic mass is 9.85. The minimum Gasteiger partial charge on any atom is -0.477 e. The highest BCUT2D eigenvalue weighted by Crippen LogP contribution is 2.37. The van der Waals surface area contributed by atoms with Gasteiger partial charge < -0.3 is 5.11 Å². The highest BCUT2D eigenvalue weighted by Gasteiger charge is 2.30. The van der Waals surface area contributed by atoms with Crippen molar-refractivity contribution in [2.75, 3.05) is 0 Å². The molecule has 1 heterocycles. The Morgan fingerprint density at radius 2 is 1.86 bits per heavy atom. The number of hydrogen-bond donors (Lipinski definition) is 1. The van der Waals surface area contributed by atoms with Crippen LogP contribution in [0.25, 0.3) is 0 Å². The number of rotatable bonds is 4. The second-order valence-corrected chi connectivity index (χ2v) is 6.82. The highest BCUT2D eigenvalue weighted by atomic mass is 32.1. The van der Waals surface area contributed by atoms with E-state index in [2.05, 4.69) is 4.98 Å². The number of nitrogens with zero attached hydrogens (tertiary/aromatic N) is 1. The number of aromatic nitrogens is 1. The maximum Gasteiger partial charge on any atom is 0.347 e.